The van der Waals surface area contributed by atoms with Crippen molar-refractivity contribution in [2.75, 3.05) is 13.2 Å². The van der Waals surface area contributed by atoms with Crippen molar-refractivity contribution in [3.05, 3.63) is 0 Å². The molecular weight excluding hydrogens is 309 g/mol. The van der Waals surface area contributed by atoms with Crippen LogP contribution in [0.1, 0.15) is 26.2 Å². The van der Waals surface area contributed by atoms with Gasteiger partial charge in [0.05, 0.1) is 6.61 Å². The molecule has 8 nitrogen and oxygen atoms in total. The molecule has 0 spiro atoms. The van der Waals surface area contributed by atoms with E-state index in [-0.39, 0.29) is 25.6 Å². The highest BCUT2D eigenvalue weighted by Gasteiger charge is 2.41. The van der Waals surface area contributed by atoms with Crippen LogP contribution in [0, 0.1) is 0 Å². The Morgan fingerprint density at radius 2 is 1.91 bits per heavy atom. The fraction of sp³-hybridized carbons (Fsp3) is 0.727. The molecule has 0 saturated carbocycles. The van der Waals surface area contributed by atoms with Crippen molar-refractivity contribution in [1.29, 1.82) is 0 Å². The molecule has 0 saturated heterocycles. The van der Waals surface area contributed by atoms with E-state index in [2.05, 4.69) is 9.99 Å². The Balaban J connectivity index is 4.58. The maximum atomic E-state index is 12.2. The third kappa shape index (κ3) is 8.87. The minimum absolute atomic E-state index is 0.0441. The van der Waals surface area contributed by atoms with Crippen molar-refractivity contribution in [1.82, 2.24) is 5.32 Å². The van der Waals surface area contributed by atoms with Crippen molar-refractivity contribution in [3.8, 4) is 0 Å². The summed E-state index contributed by atoms with van der Waals surface area (Å²) in [5, 5.41) is 4.69. The molecular formula is C11H19F3N4O4. The van der Waals surface area contributed by atoms with Crippen LogP contribution in [-0.4, -0.2) is 43.3 Å². The highest BCUT2D eigenvalue weighted by molar-refractivity contribution is 5.87. The molecule has 0 rings (SSSR count). The van der Waals surface area contributed by atoms with Gasteiger partial charge >= 0.3 is 18.1 Å². The van der Waals surface area contributed by atoms with Gasteiger partial charge < -0.3 is 26.4 Å². The topological polar surface area (TPSA) is 129 Å². The number of oxime groups is 1. The molecule has 128 valence electrons. The van der Waals surface area contributed by atoms with E-state index < -0.39 is 24.1 Å². The van der Waals surface area contributed by atoms with Gasteiger partial charge in [0.2, 0.25) is 5.96 Å². The van der Waals surface area contributed by atoms with E-state index in [0.29, 0.717) is 6.42 Å². The predicted molar refractivity (Wildman–Crippen MR) is 70.2 cm³/mol. The third-order valence-corrected chi connectivity index (χ3v) is 2.26. The number of carbonyl (C=O) groups excluding carboxylic acids is 2. The maximum absolute atomic E-state index is 12.2. The molecule has 0 aliphatic rings. The van der Waals surface area contributed by atoms with Gasteiger partial charge in [-0.2, -0.15) is 13.2 Å². The van der Waals surface area contributed by atoms with Gasteiger partial charge in [-0.25, -0.2) is 4.79 Å². The van der Waals surface area contributed by atoms with E-state index in [1.54, 1.807) is 5.32 Å². The number of alkyl halides is 3. The zero-order valence-electron chi connectivity index (χ0n) is 12.0. The molecule has 0 aromatic carbocycles. The molecule has 5 N–H and O–H groups in total. The molecule has 11 heteroatoms. The van der Waals surface area contributed by atoms with Crippen LogP contribution in [0.5, 0.6) is 0 Å². The molecule has 1 atom stereocenters. The average molecular weight is 328 g/mol. The largest absolute Gasteiger partial charge is 0.471 e. The lowest BCUT2D eigenvalue weighted by molar-refractivity contribution is -0.176. The summed E-state index contributed by atoms with van der Waals surface area (Å²) >= 11 is 0. The average Bonchev–Trinajstić information content (AvgIpc) is 2.40. The van der Waals surface area contributed by atoms with Crippen molar-refractivity contribution in [3.63, 3.8) is 0 Å². The molecule has 22 heavy (non-hydrogen) atoms. The molecule has 1 unspecified atom stereocenters. The highest BCUT2D eigenvalue weighted by atomic mass is 19.4. The first kappa shape index (κ1) is 19.8. The Morgan fingerprint density at radius 3 is 2.41 bits per heavy atom. The summed E-state index contributed by atoms with van der Waals surface area (Å²) in [5.41, 5.74) is 9.96. The van der Waals surface area contributed by atoms with Gasteiger partial charge in [0, 0.05) is 6.42 Å². The molecule has 0 bridgehead atoms. The summed E-state index contributed by atoms with van der Waals surface area (Å²) in [7, 11) is 0. The van der Waals surface area contributed by atoms with Crippen LogP contribution in [-0.2, 0) is 19.2 Å². The molecule has 0 aromatic rings. The van der Waals surface area contributed by atoms with Crippen LogP contribution < -0.4 is 16.8 Å². The van der Waals surface area contributed by atoms with E-state index in [0.717, 1.165) is 6.42 Å². The number of halogens is 3. The fourth-order valence-electron chi connectivity index (χ4n) is 1.20. The Bertz CT molecular complexity index is 397. The van der Waals surface area contributed by atoms with E-state index in [9.17, 15) is 22.8 Å². The lowest BCUT2D eigenvalue weighted by Gasteiger charge is -2.18. The number of nitrogens with zero attached hydrogens (tertiary/aromatic N) is 1. The predicted octanol–water partition coefficient (Wildman–Crippen LogP) is -0.0281. The van der Waals surface area contributed by atoms with Gasteiger partial charge in [0.1, 0.15) is 12.6 Å². The molecule has 0 heterocycles. The number of carbonyl (C=O) groups is 2. The van der Waals surface area contributed by atoms with Crippen LogP contribution in [0.3, 0.4) is 0 Å². The Labute approximate surface area is 125 Å². The van der Waals surface area contributed by atoms with Crippen molar-refractivity contribution in [2.45, 2.75) is 38.4 Å². The normalized spacial score (nSPS) is 12.2. The van der Waals surface area contributed by atoms with Gasteiger partial charge in [-0.1, -0.05) is 13.3 Å². The van der Waals surface area contributed by atoms with Gasteiger partial charge in [0.25, 0.3) is 0 Å². The zero-order valence-corrected chi connectivity index (χ0v) is 12.0. The second-order valence-corrected chi connectivity index (χ2v) is 4.18. The number of guanidine groups is 1. The van der Waals surface area contributed by atoms with Crippen LogP contribution in [0.2, 0.25) is 0 Å². The molecule has 1 amide bonds. The second-order valence-electron chi connectivity index (χ2n) is 4.18. The molecule has 0 aliphatic carbocycles. The van der Waals surface area contributed by atoms with Gasteiger partial charge in [-0.05, 0) is 11.6 Å². The standard InChI is InChI=1S/C11H19F3N4O4/c1-2-3-5-21-8(19)7(4-6-22-18-10(15)16)17-9(20)11(12,13)14/h7H,2-6H2,1H3,(H,17,20)(H4,15,16,18). The van der Waals surface area contributed by atoms with Gasteiger partial charge in [-0.3, -0.25) is 4.79 Å². The number of nitrogens with two attached hydrogens (primary N) is 2. The molecule has 0 radical (unpaired) electrons. The number of amides is 1. The lowest BCUT2D eigenvalue weighted by Crippen LogP contribution is -2.48. The summed E-state index contributed by atoms with van der Waals surface area (Å²) < 4.78 is 41.4. The third-order valence-electron chi connectivity index (χ3n) is 2.26. The first-order chi connectivity index (χ1) is 10.2. The van der Waals surface area contributed by atoms with E-state index in [1.165, 1.54) is 0 Å². The van der Waals surface area contributed by atoms with Crippen LogP contribution >= 0.6 is 0 Å². The maximum Gasteiger partial charge on any atom is 0.471 e. The quantitative estimate of drug-likeness (QED) is 0.179. The number of nitrogens with one attached hydrogen (secondary N) is 1. The van der Waals surface area contributed by atoms with Crippen molar-refractivity contribution >= 4 is 17.8 Å². The highest BCUT2D eigenvalue weighted by Crippen LogP contribution is 2.15. The van der Waals surface area contributed by atoms with Crippen LogP contribution in [0.15, 0.2) is 5.16 Å². The Hall–Kier alpha value is -2.20. The molecule has 0 aromatic heterocycles. The summed E-state index contributed by atoms with van der Waals surface area (Å²) in [6.45, 7) is 1.60. The number of ether oxygens (including phenoxy) is 1. The SMILES string of the molecule is CCCCOC(=O)C(CCON=C(N)N)NC(=O)C(F)(F)F. The minimum atomic E-state index is -5.11. The Morgan fingerprint density at radius 1 is 1.27 bits per heavy atom. The number of rotatable bonds is 9. The number of esters is 1. The van der Waals surface area contributed by atoms with Gasteiger partial charge in [-0.15, -0.1) is 0 Å². The summed E-state index contributed by atoms with van der Waals surface area (Å²) in [6.07, 6.45) is -4.11. The monoisotopic (exact) mass is 328 g/mol. The summed E-state index contributed by atoms with van der Waals surface area (Å²) in [4.78, 5) is 27.1. The lowest BCUT2D eigenvalue weighted by atomic mass is 10.2. The second kappa shape index (κ2) is 9.68. The van der Waals surface area contributed by atoms with Crippen molar-refractivity contribution in [2.24, 2.45) is 16.6 Å². The number of hydrogen-bond acceptors (Lipinski definition) is 5. The zero-order chi connectivity index (χ0) is 17.2. The summed E-state index contributed by atoms with van der Waals surface area (Å²) in [6, 6.07) is -1.51. The molecule has 0 aliphatic heterocycles. The summed E-state index contributed by atoms with van der Waals surface area (Å²) in [5.74, 6) is -3.62. The first-order valence-electron chi connectivity index (χ1n) is 6.43. The van der Waals surface area contributed by atoms with E-state index in [1.807, 2.05) is 6.92 Å². The minimum Gasteiger partial charge on any atom is -0.464 e. The number of unbranched alkanes of at least 4 members (excludes halogenated alkanes) is 1. The number of hydrogen-bond donors (Lipinski definition) is 3. The first-order valence-corrected chi connectivity index (χ1v) is 6.43. The van der Waals surface area contributed by atoms with E-state index >= 15 is 0 Å². The van der Waals surface area contributed by atoms with E-state index in [4.69, 9.17) is 16.2 Å². The van der Waals surface area contributed by atoms with Crippen LogP contribution in [0.25, 0.3) is 0 Å². The fourth-order valence-corrected chi connectivity index (χ4v) is 1.20. The van der Waals surface area contributed by atoms with Crippen LogP contribution in [0.4, 0.5) is 13.2 Å². The smallest absolute Gasteiger partial charge is 0.464 e. The van der Waals surface area contributed by atoms with Crippen molar-refractivity contribution < 1.29 is 32.3 Å². The Kier molecular flexibility index (Phi) is 8.72. The van der Waals surface area contributed by atoms with Gasteiger partial charge in [0.15, 0.2) is 0 Å². The molecule has 0 fully saturated rings.